The summed E-state index contributed by atoms with van der Waals surface area (Å²) in [5, 5.41) is 10.8. The Morgan fingerprint density at radius 2 is 1.66 bits per heavy atom. The van der Waals surface area contributed by atoms with Crippen molar-refractivity contribution in [3.05, 3.63) is 89.4 Å². The lowest BCUT2D eigenvalue weighted by molar-refractivity contribution is -0.113. The number of nitrogens with one attached hydrogen (secondary N) is 2. The van der Waals surface area contributed by atoms with E-state index in [4.69, 9.17) is 19.3 Å². The average molecular weight is 516 g/mol. The molecule has 1 amide bonds. The number of rotatable bonds is 7. The van der Waals surface area contributed by atoms with Crippen molar-refractivity contribution < 1.29 is 23.4 Å². The van der Waals surface area contributed by atoms with E-state index >= 15 is 4.39 Å². The maximum Gasteiger partial charge on any atom is 0.255 e. The average Bonchev–Trinajstić information content (AvgIpc) is 3.36. The van der Waals surface area contributed by atoms with Gasteiger partial charge in [0, 0.05) is 22.9 Å². The van der Waals surface area contributed by atoms with Crippen LogP contribution in [-0.2, 0) is 4.79 Å². The van der Waals surface area contributed by atoms with Crippen LogP contribution in [-0.4, -0.2) is 42.0 Å². The summed E-state index contributed by atoms with van der Waals surface area (Å²) in [6.45, 7) is 1.75. The van der Waals surface area contributed by atoms with Gasteiger partial charge in [-0.1, -0.05) is 30.3 Å². The number of hydrogen-bond donors (Lipinski definition) is 2. The number of halogens is 1. The molecule has 1 aliphatic heterocycles. The molecule has 0 radical (unpaired) electrons. The molecule has 10 heteroatoms. The van der Waals surface area contributed by atoms with Gasteiger partial charge in [-0.15, -0.1) is 5.10 Å². The van der Waals surface area contributed by atoms with Gasteiger partial charge in [-0.05, 0) is 37.3 Å². The predicted molar refractivity (Wildman–Crippen MR) is 141 cm³/mol. The van der Waals surface area contributed by atoms with Crippen molar-refractivity contribution in [1.82, 2.24) is 14.8 Å². The summed E-state index contributed by atoms with van der Waals surface area (Å²) in [5.74, 6) is 1.45. The Balaban J connectivity index is 1.62. The Kier molecular flexibility index (Phi) is 6.69. The first-order chi connectivity index (χ1) is 18.4. The number of carbonyl (C=O) groups excluding carboxylic acids is 1. The molecule has 2 N–H and O–H groups in total. The highest BCUT2D eigenvalue weighted by Gasteiger charge is 2.36. The van der Waals surface area contributed by atoms with Crippen LogP contribution in [0.1, 0.15) is 18.5 Å². The second kappa shape index (κ2) is 10.3. The molecule has 1 aromatic heterocycles. The molecule has 0 fully saturated rings. The number of amides is 1. The molecule has 3 aromatic carbocycles. The van der Waals surface area contributed by atoms with Crippen LogP contribution in [0, 0.1) is 5.82 Å². The smallest absolute Gasteiger partial charge is 0.255 e. The van der Waals surface area contributed by atoms with Gasteiger partial charge in [0.1, 0.15) is 29.1 Å². The molecule has 2 heterocycles. The van der Waals surface area contributed by atoms with E-state index in [-0.39, 0.29) is 11.1 Å². The minimum absolute atomic E-state index is 0.277. The molecular weight excluding hydrogens is 489 g/mol. The highest BCUT2D eigenvalue weighted by molar-refractivity contribution is 6.06. The normalized spacial score (nSPS) is 14.4. The summed E-state index contributed by atoms with van der Waals surface area (Å²) in [4.78, 5) is 18.4. The van der Waals surface area contributed by atoms with Gasteiger partial charge in [-0.2, -0.15) is 4.98 Å². The van der Waals surface area contributed by atoms with Crippen LogP contribution in [0.5, 0.6) is 17.2 Å². The fourth-order valence-corrected chi connectivity index (χ4v) is 4.43. The van der Waals surface area contributed by atoms with E-state index in [9.17, 15) is 4.79 Å². The molecule has 38 heavy (non-hydrogen) atoms. The van der Waals surface area contributed by atoms with E-state index in [1.165, 1.54) is 17.9 Å². The Morgan fingerprint density at radius 1 is 0.974 bits per heavy atom. The number of anilines is 2. The Hall–Kier alpha value is -4.86. The van der Waals surface area contributed by atoms with Crippen molar-refractivity contribution in [2.24, 2.45) is 0 Å². The number of hydrogen-bond acceptors (Lipinski definition) is 7. The first-order valence-electron chi connectivity index (χ1n) is 11.8. The molecule has 4 aromatic rings. The summed E-state index contributed by atoms with van der Waals surface area (Å²) in [5.41, 5.74) is 2.20. The third-order valence-corrected chi connectivity index (χ3v) is 6.26. The Labute approximate surface area is 218 Å². The van der Waals surface area contributed by atoms with Gasteiger partial charge in [-0.25, -0.2) is 9.07 Å². The highest BCUT2D eigenvalue weighted by atomic mass is 19.1. The number of nitrogens with zero attached hydrogens (tertiary/aromatic N) is 3. The zero-order valence-corrected chi connectivity index (χ0v) is 21.3. The van der Waals surface area contributed by atoms with E-state index in [1.54, 1.807) is 81.8 Å². The molecule has 1 aliphatic rings. The minimum Gasteiger partial charge on any atom is -0.497 e. The first kappa shape index (κ1) is 24.8. The molecule has 0 aliphatic carbocycles. The monoisotopic (exact) mass is 515 g/mol. The summed E-state index contributed by atoms with van der Waals surface area (Å²) in [7, 11) is 4.64. The lowest BCUT2D eigenvalue weighted by Gasteiger charge is -2.29. The zero-order chi connectivity index (χ0) is 26.8. The Bertz CT molecular complexity index is 1530. The quantitative estimate of drug-likeness (QED) is 0.356. The van der Waals surface area contributed by atoms with Gasteiger partial charge in [0.15, 0.2) is 5.82 Å². The van der Waals surface area contributed by atoms with Crippen LogP contribution < -0.4 is 24.8 Å². The molecule has 9 nitrogen and oxygen atoms in total. The summed E-state index contributed by atoms with van der Waals surface area (Å²) < 4.78 is 32.9. The van der Waals surface area contributed by atoms with E-state index in [1.807, 2.05) is 0 Å². The van der Waals surface area contributed by atoms with Crippen molar-refractivity contribution in [3.63, 3.8) is 0 Å². The van der Waals surface area contributed by atoms with Crippen molar-refractivity contribution >= 4 is 17.5 Å². The molecule has 1 unspecified atom stereocenters. The molecule has 194 valence electrons. The third kappa shape index (κ3) is 4.52. The van der Waals surface area contributed by atoms with Crippen molar-refractivity contribution in [3.8, 4) is 28.6 Å². The summed E-state index contributed by atoms with van der Waals surface area (Å²) >= 11 is 0. The van der Waals surface area contributed by atoms with Crippen molar-refractivity contribution in [2.75, 3.05) is 32.0 Å². The largest absolute Gasteiger partial charge is 0.497 e. The number of allylic oxidation sites excluding steroid dienone is 1. The minimum atomic E-state index is -0.893. The fraction of sp³-hybridized carbons (Fsp3) is 0.179. The topological polar surface area (TPSA) is 99.5 Å². The lowest BCUT2D eigenvalue weighted by atomic mass is 9.94. The van der Waals surface area contributed by atoms with Crippen molar-refractivity contribution in [2.45, 2.75) is 13.0 Å². The number of aromatic nitrogens is 3. The second-order valence-corrected chi connectivity index (χ2v) is 8.55. The number of fused-ring (bicyclic) bond motifs is 1. The number of benzene rings is 3. The SMILES string of the molecule is COc1cc(OC)cc(-c2nc3n(n2)C(c2ccccc2F)C(C(=O)Nc2ccccc2OC)=C(C)N3)c1. The molecule has 0 bridgehead atoms. The molecular formula is C28H26FN5O4. The van der Waals surface area contributed by atoms with Crippen LogP contribution >= 0.6 is 0 Å². The summed E-state index contributed by atoms with van der Waals surface area (Å²) in [6, 6.07) is 17.8. The van der Waals surface area contributed by atoms with Crippen LogP contribution in [0.15, 0.2) is 78.0 Å². The van der Waals surface area contributed by atoms with Gasteiger partial charge in [-0.3, -0.25) is 4.79 Å². The van der Waals surface area contributed by atoms with Crippen LogP contribution in [0.25, 0.3) is 11.4 Å². The first-order valence-corrected chi connectivity index (χ1v) is 11.8. The van der Waals surface area contributed by atoms with E-state index < -0.39 is 17.8 Å². The van der Waals surface area contributed by atoms with Gasteiger partial charge in [0.2, 0.25) is 5.95 Å². The summed E-state index contributed by atoms with van der Waals surface area (Å²) in [6.07, 6.45) is 0. The number of methoxy groups -OCH3 is 3. The van der Waals surface area contributed by atoms with Gasteiger partial charge < -0.3 is 24.8 Å². The Morgan fingerprint density at radius 3 is 2.34 bits per heavy atom. The lowest BCUT2D eigenvalue weighted by Crippen LogP contribution is -2.32. The van der Waals surface area contributed by atoms with E-state index in [0.29, 0.717) is 46.0 Å². The van der Waals surface area contributed by atoms with Crippen LogP contribution in [0.3, 0.4) is 0 Å². The maximum absolute atomic E-state index is 15.2. The van der Waals surface area contributed by atoms with Crippen LogP contribution in [0.2, 0.25) is 0 Å². The zero-order valence-electron chi connectivity index (χ0n) is 21.3. The third-order valence-electron chi connectivity index (χ3n) is 6.26. The van der Waals surface area contributed by atoms with Gasteiger partial charge in [0.25, 0.3) is 5.91 Å². The molecule has 0 spiro atoms. The van der Waals surface area contributed by atoms with Crippen LogP contribution in [0.4, 0.5) is 16.0 Å². The van der Waals surface area contributed by atoms with Gasteiger partial charge >= 0.3 is 0 Å². The number of ether oxygens (including phenoxy) is 3. The predicted octanol–water partition coefficient (Wildman–Crippen LogP) is 5.04. The molecule has 0 saturated carbocycles. The molecule has 5 rings (SSSR count). The maximum atomic E-state index is 15.2. The highest BCUT2D eigenvalue weighted by Crippen LogP contribution is 2.39. The van der Waals surface area contributed by atoms with E-state index in [2.05, 4.69) is 15.6 Å². The number of carbonyl (C=O) groups is 1. The molecule has 0 saturated heterocycles. The van der Waals surface area contributed by atoms with Crippen molar-refractivity contribution in [1.29, 1.82) is 0 Å². The van der Waals surface area contributed by atoms with E-state index in [0.717, 1.165) is 0 Å². The standard InChI is InChI=1S/C28H26FN5O4/c1-16-24(27(35)31-22-11-7-8-12-23(22)38-4)25(20-9-5-6-10-21(20)29)34-28(30-16)32-26(33-34)17-13-18(36-2)15-19(14-17)37-3/h5-15,25H,1-4H3,(H,31,35)(H,30,32,33). The molecule has 1 atom stereocenters. The van der Waals surface area contributed by atoms with Gasteiger partial charge in [0.05, 0.1) is 32.6 Å². The fourth-order valence-electron chi connectivity index (χ4n) is 4.43. The number of para-hydroxylation sites is 2. The second-order valence-electron chi connectivity index (χ2n) is 8.55.